The summed E-state index contributed by atoms with van der Waals surface area (Å²) in [4.78, 5) is 16.3. The number of aryl methyl sites for hydroxylation is 1. The lowest BCUT2D eigenvalue weighted by Crippen LogP contribution is -2.29. The summed E-state index contributed by atoms with van der Waals surface area (Å²) in [7, 11) is 0. The number of hydrogen-bond donors (Lipinski definition) is 2. The standard InChI is InChI=1S/C14H18N6O/c1-10-8-11(2-7-16-10)17-14(21)13-9-20(19-18-13)12-3-5-15-6-4-12/h2,7-9,12,15H,3-6H2,1H3,(H,16,17,21). The molecule has 0 atom stereocenters. The molecule has 1 saturated heterocycles. The Labute approximate surface area is 122 Å². The van der Waals surface area contributed by atoms with Gasteiger partial charge in [0.1, 0.15) is 0 Å². The Morgan fingerprint density at radius 2 is 2.24 bits per heavy atom. The summed E-state index contributed by atoms with van der Waals surface area (Å²) in [6, 6.07) is 3.89. The predicted molar refractivity (Wildman–Crippen MR) is 78.1 cm³/mol. The average Bonchev–Trinajstić information content (AvgIpc) is 2.98. The number of nitrogens with zero attached hydrogens (tertiary/aromatic N) is 4. The molecule has 2 aromatic rings. The van der Waals surface area contributed by atoms with Crippen molar-refractivity contribution in [2.24, 2.45) is 0 Å². The second-order valence-electron chi connectivity index (χ2n) is 5.20. The summed E-state index contributed by atoms with van der Waals surface area (Å²) in [5.74, 6) is -0.249. The highest BCUT2D eigenvalue weighted by Gasteiger charge is 2.18. The molecule has 0 spiro atoms. The van der Waals surface area contributed by atoms with E-state index in [-0.39, 0.29) is 5.91 Å². The Balaban J connectivity index is 1.69. The molecular formula is C14H18N6O. The normalized spacial score (nSPS) is 15.9. The number of aromatic nitrogens is 4. The molecule has 0 saturated carbocycles. The van der Waals surface area contributed by atoms with Gasteiger partial charge in [-0.2, -0.15) is 0 Å². The molecule has 1 aliphatic heterocycles. The van der Waals surface area contributed by atoms with Crippen molar-refractivity contribution in [3.05, 3.63) is 35.9 Å². The molecule has 0 unspecified atom stereocenters. The molecule has 3 rings (SSSR count). The summed E-state index contributed by atoms with van der Waals surface area (Å²) >= 11 is 0. The summed E-state index contributed by atoms with van der Waals surface area (Å²) < 4.78 is 1.80. The van der Waals surface area contributed by atoms with Gasteiger partial charge in [-0.05, 0) is 45.0 Å². The third-order valence-corrected chi connectivity index (χ3v) is 3.58. The van der Waals surface area contributed by atoms with Crippen LogP contribution in [0.25, 0.3) is 0 Å². The molecule has 2 aromatic heterocycles. The van der Waals surface area contributed by atoms with E-state index < -0.39 is 0 Å². The molecule has 0 aromatic carbocycles. The second-order valence-corrected chi connectivity index (χ2v) is 5.20. The van der Waals surface area contributed by atoms with Gasteiger partial charge in [-0.15, -0.1) is 5.10 Å². The van der Waals surface area contributed by atoms with E-state index in [0.717, 1.165) is 31.6 Å². The molecule has 0 radical (unpaired) electrons. The fourth-order valence-electron chi connectivity index (χ4n) is 2.45. The molecule has 1 amide bonds. The van der Waals surface area contributed by atoms with Crippen LogP contribution in [-0.2, 0) is 0 Å². The van der Waals surface area contributed by atoms with Crippen LogP contribution in [0.4, 0.5) is 5.69 Å². The van der Waals surface area contributed by atoms with E-state index in [1.54, 1.807) is 23.1 Å². The number of pyridine rings is 1. The first kappa shape index (κ1) is 13.7. The predicted octanol–water partition coefficient (Wildman–Crippen LogP) is 1.16. The van der Waals surface area contributed by atoms with Crippen molar-refractivity contribution in [1.29, 1.82) is 0 Å². The van der Waals surface area contributed by atoms with Crippen LogP contribution in [0.3, 0.4) is 0 Å². The number of anilines is 1. The summed E-state index contributed by atoms with van der Waals surface area (Å²) in [5, 5.41) is 14.2. The third kappa shape index (κ3) is 3.25. The minimum Gasteiger partial charge on any atom is -0.320 e. The highest BCUT2D eigenvalue weighted by Crippen LogP contribution is 2.17. The largest absolute Gasteiger partial charge is 0.320 e. The van der Waals surface area contributed by atoms with Gasteiger partial charge in [-0.25, -0.2) is 4.68 Å². The first-order valence-corrected chi connectivity index (χ1v) is 7.09. The number of rotatable bonds is 3. The Bertz CT molecular complexity index is 632. The minimum absolute atomic E-state index is 0.249. The summed E-state index contributed by atoms with van der Waals surface area (Å²) in [6.07, 6.45) is 5.40. The van der Waals surface area contributed by atoms with Crippen molar-refractivity contribution in [2.45, 2.75) is 25.8 Å². The van der Waals surface area contributed by atoms with Crippen molar-refractivity contribution < 1.29 is 4.79 Å². The van der Waals surface area contributed by atoms with Crippen LogP contribution >= 0.6 is 0 Å². The number of nitrogens with one attached hydrogen (secondary N) is 2. The van der Waals surface area contributed by atoms with E-state index in [1.165, 1.54) is 0 Å². The minimum atomic E-state index is -0.249. The zero-order valence-electron chi connectivity index (χ0n) is 11.9. The summed E-state index contributed by atoms with van der Waals surface area (Å²) in [6.45, 7) is 3.83. The van der Waals surface area contributed by atoms with Gasteiger partial charge in [-0.1, -0.05) is 5.21 Å². The molecule has 7 nitrogen and oxygen atoms in total. The van der Waals surface area contributed by atoms with Gasteiger partial charge in [0, 0.05) is 17.6 Å². The number of piperidine rings is 1. The molecule has 7 heteroatoms. The van der Waals surface area contributed by atoms with E-state index in [1.807, 2.05) is 13.0 Å². The van der Waals surface area contributed by atoms with Crippen LogP contribution in [0.15, 0.2) is 24.5 Å². The quantitative estimate of drug-likeness (QED) is 0.884. The molecule has 1 fully saturated rings. The molecule has 1 aliphatic rings. The van der Waals surface area contributed by atoms with Gasteiger partial charge < -0.3 is 10.6 Å². The zero-order chi connectivity index (χ0) is 14.7. The highest BCUT2D eigenvalue weighted by molar-refractivity contribution is 6.02. The van der Waals surface area contributed by atoms with E-state index in [4.69, 9.17) is 0 Å². The van der Waals surface area contributed by atoms with Gasteiger partial charge in [0.15, 0.2) is 5.69 Å². The Hall–Kier alpha value is -2.28. The fraction of sp³-hybridized carbons (Fsp3) is 0.429. The second kappa shape index (κ2) is 6.01. The first-order valence-electron chi connectivity index (χ1n) is 7.09. The number of hydrogen-bond acceptors (Lipinski definition) is 5. The van der Waals surface area contributed by atoms with Crippen molar-refractivity contribution in [3.63, 3.8) is 0 Å². The fourth-order valence-corrected chi connectivity index (χ4v) is 2.45. The smallest absolute Gasteiger partial charge is 0.277 e. The Morgan fingerprint density at radius 3 is 3.00 bits per heavy atom. The lowest BCUT2D eigenvalue weighted by Gasteiger charge is -2.22. The average molecular weight is 286 g/mol. The maximum atomic E-state index is 12.2. The van der Waals surface area contributed by atoms with E-state index in [2.05, 4.69) is 25.9 Å². The highest BCUT2D eigenvalue weighted by atomic mass is 16.2. The molecule has 21 heavy (non-hydrogen) atoms. The number of amides is 1. The SMILES string of the molecule is Cc1cc(NC(=O)c2cn(C3CCNCC3)nn2)ccn1. The van der Waals surface area contributed by atoms with Gasteiger partial charge in [-0.3, -0.25) is 9.78 Å². The van der Waals surface area contributed by atoms with Crippen molar-refractivity contribution in [2.75, 3.05) is 18.4 Å². The Morgan fingerprint density at radius 1 is 1.43 bits per heavy atom. The third-order valence-electron chi connectivity index (χ3n) is 3.58. The van der Waals surface area contributed by atoms with Gasteiger partial charge >= 0.3 is 0 Å². The van der Waals surface area contributed by atoms with Crippen molar-refractivity contribution >= 4 is 11.6 Å². The van der Waals surface area contributed by atoms with Gasteiger partial charge in [0.2, 0.25) is 0 Å². The molecule has 110 valence electrons. The lowest BCUT2D eigenvalue weighted by molar-refractivity contribution is 0.102. The van der Waals surface area contributed by atoms with E-state index in [0.29, 0.717) is 17.4 Å². The van der Waals surface area contributed by atoms with Gasteiger partial charge in [0.25, 0.3) is 5.91 Å². The molecule has 0 aliphatic carbocycles. The van der Waals surface area contributed by atoms with Crippen LogP contribution < -0.4 is 10.6 Å². The van der Waals surface area contributed by atoms with Crippen molar-refractivity contribution in [3.8, 4) is 0 Å². The maximum Gasteiger partial charge on any atom is 0.277 e. The lowest BCUT2D eigenvalue weighted by atomic mass is 10.1. The van der Waals surface area contributed by atoms with E-state index in [9.17, 15) is 4.79 Å². The topological polar surface area (TPSA) is 84.7 Å². The number of carbonyl (C=O) groups is 1. The van der Waals surface area contributed by atoms with Crippen LogP contribution in [0, 0.1) is 6.92 Å². The van der Waals surface area contributed by atoms with Crippen molar-refractivity contribution in [1.82, 2.24) is 25.3 Å². The molecule has 3 heterocycles. The maximum absolute atomic E-state index is 12.2. The van der Waals surface area contributed by atoms with Crippen LogP contribution in [0.5, 0.6) is 0 Å². The first-order chi connectivity index (χ1) is 10.2. The van der Waals surface area contributed by atoms with Crippen LogP contribution in [-0.4, -0.2) is 39.0 Å². The molecular weight excluding hydrogens is 268 g/mol. The summed E-state index contributed by atoms with van der Waals surface area (Å²) in [5.41, 5.74) is 1.90. The Kier molecular flexibility index (Phi) is 3.92. The van der Waals surface area contributed by atoms with Crippen LogP contribution in [0.1, 0.15) is 35.1 Å². The number of carbonyl (C=O) groups excluding carboxylic acids is 1. The molecule has 2 N–H and O–H groups in total. The van der Waals surface area contributed by atoms with Crippen LogP contribution in [0.2, 0.25) is 0 Å². The van der Waals surface area contributed by atoms with Gasteiger partial charge in [0.05, 0.1) is 12.2 Å². The monoisotopic (exact) mass is 286 g/mol. The molecule has 0 bridgehead atoms. The zero-order valence-corrected chi connectivity index (χ0v) is 11.9. The van der Waals surface area contributed by atoms with E-state index >= 15 is 0 Å².